The van der Waals surface area contributed by atoms with Gasteiger partial charge < -0.3 is 0 Å². The van der Waals surface area contributed by atoms with E-state index in [2.05, 4.69) is 20.9 Å². The number of benzene rings is 1. The van der Waals surface area contributed by atoms with Gasteiger partial charge in [0, 0.05) is 21.6 Å². The second kappa shape index (κ2) is 3.78. The Hall–Kier alpha value is -0.380. The lowest BCUT2D eigenvalue weighted by molar-refractivity contribution is 1.41. The molecule has 0 amide bonds. The predicted molar refractivity (Wildman–Crippen MR) is 60.3 cm³/mol. The summed E-state index contributed by atoms with van der Waals surface area (Å²) in [7, 11) is 0. The highest BCUT2D eigenvalue weighted by molar-refractivity contribution is 9.10. The number of halogens is 2. The summed E-state index contributed by atoms with van der Waals surface area (Å²) < 4.78 is 1.02. The summed E-state index contributed by atoms with van der Waals surface area (Å²) in [6.07, 6.45) is 1.78. The van der Waals surface area contributed by atoms with Gasteiger partial charge >= 0.3 is 0 Å². The summed E-state index contributed by atoms with van der Waals surface area (Å²) in [4.78, 5) is 4.20. The fourth-order valence-electron chi connectivity index (χ4n) is 1.02. The minimum Gasteiger partial charge on any atom is -0.244 e. The van der Waals surface area contributed by atoms with Crippen LogP contribution in [0.1, 0.15) is 0 Å². The number of hydrogen-bond donors (Lipinski definition) is 0. The molecule has 0 bridgehead atoms. The summed E-state index contributed by atoms with van der Waals surface area (Å²) in [5, 5.41) is 3.62. The van der Waals surface area contributed by atoms with Crippen LogP contribution < -0.4 is 0 Å². The Morgan fingerprint density at radius 2 is 2.23 bits per heavy atom. The zero-order chi connectivity index (χ0) is 9.26. The SMILES string of the molecule is Clc1ccc(Br)cc1-c1nccs1. The monoisotopic (exact) mass is 273 g/mol. The first-order chi connectivity index (χ1) is 6.27. The van der Waals surface area contributed by atoms with Crippen LogP contribution >= 0.6 is 38.9 Å². The van der Waals surface area contributed by atoms with E-state index in [0.717, 1.165) is 20.1 Å². The maximum atomic E-state index is 6.03. The van der Waals surface area contributed by atoms with Crippen molar-refractivity contribution in [1.82, 2.24) is 4.98 Å². The molecule has 0 atom stereocenters. The van der Waals surface area contributed by atoms with Gasteiger partial charge in [-0.05, 0) is 18.2 Å². The van der Waals surface area contributed by atoms with Crippen LogP contribution in [0.25, 0.3) is 10.6 Å². The smallest absolute Gasteiger partial charge is 0.124 e. The van der Waals surface area contributed by atoms with Crippen molar-refractivity contribution in [2.75, 3.05) is 0 Å². The molecule has 0 fully saturated rings. The zero-order valence-electron chi connectivity index (χ0n) is 6.50. The first kappa shape index (κ1) is 9.19. The normalized spacial score (nSPS) is 10.3. The Morgan fingerprint density at radius 3 is 2.92 bits per heavy atom. The maximum Gasteiger partial charge on any atom is 0.124 e. The van der Waals surface area contributed by atoms with Crippen molar-refractivity contribution in [3.63, 3.8) is 0 Å². The molecule has 66 valence electrons. The van der Waals surface area contributed by atoms with Crippen molar-refractivity contribution in [1.29, 1.82) is 0 Å². The third-order valence-corrected chi connectivity index (χ3v) is 3.22. The molecule has 1 aromatic carbocycles. The van der Waals surface area contributed by atoms with Crippen LogP contribution in [-0.4, -0.2) is 4.98 Å². The Kier molecular flexibility index (Phi) is 2.67. The topological polar surface area (TPSA) is 12.9 Å². The molecule has 1 aromatic heterocycles. The van der Waals surface area contributed by atoms with Crippen molar-refractivity contribution in [3.05, 3.63) is 39.3 Å². The van der Waals surface area contributed by atoms with Crippen LogP contribution in [0.4, 0.5) is 0 Å². The quantitative estimate of drug-likeness (QED) is 0.758. The van der Waals surface area contributed by atoms with Gasteiger partial charge in [-0.15, -0.1) is 11.3 Å². The van der Waals surface area contributed by atoms with E-state index in [-0.39, 0.29) is 0 Å². The molecule has 0 saturated carbocycles. The van der Waals surface area contributed by atoms with Crippen LogP contribution in [0, 0.1) is 0 Å². The standard InChI is InChI=1S/C9H5BrClNS/c10-6-1-2-8(11)7(5-6)9-12-3-4-13-9/h1-5H. The average Bonchev–Trinajstić information content (AvgIpc) is 2.61. The Labute approximate surface area is 93.5 Å². The van der Waals surface area contributed by atoms with Crippen molar-refractivity contribution in [2.45, 2.75) is 0 Å². The molecule has 0 aliphatic carbocycles. The first-order valence-electron chi connectivity index (χ1n) is 3.62. The van der Waals surface area contributed by atoms with E-state index in [9.17, 15) is 0 Å². The van der Waals surface area contributed by atoms with Crippen molar-refractivity contribution >= 4 is 38.9 Å². The van der Waals surface area contributed by atoms with Gasteiger partial charge in [-0.25, -0.2) is 4.98 Å². The lowest BCUT2D eigenvalue weighted by atomic mass is 10.2. The molecule has 0 aliphatic heterocycles. The Bertz CT molecular complexity index is 414. The molecule has 0 N–H and O–H groups in total. The lowest BCUT2D eigenvalue weighted by Gasteiger charge is -2.00. The van der Waals surface area contributed by atoms with E-state index in [1.807, 2.05) is 23.6 Å². The van der Waals surface area contributed by atoms with E-state index in [1.165, 1.54) is 0 Å². The number of rotatable bonds is 1. The van der Waals surface area contributed by atoms with Crippen molar-refractivity contribution in [2.24, 2.45) is 0 Å². The predicted octanol–water partition coefficient (Wildman–Crippen LogP) is 4.23. The van der Waals surface area contributed by atoms with Gasteiger partial charge in [-0.2, -0.15) is 0 Å². The van der Waals surface area contributed by atoms with E-state index >= 15 is 0 Å². The summed E-state index contributed by atoms with van der Waals surface area (Å²) >= 11 is 11.0. The number of thiazole rings is 1. The fourth-order valence-corrected chi connectivity index (χ4v) is 2.31. The summed E-state index contributed by atoms with van der Waals surface area (Å²) in [6, 6.07) is 5.75. The lowest BCUT2D eigenvalue weighted by Crippen LogP contribution is -1.77. The minimum atomic E-state index is 0.734. The van der Waals surface area contributed by atoms with Crippen molar-refractivity contribution in [3.8, 4) is 10.6 Å². The number of nitrogens with zero attached hydrogens (tertiary/aromatic N) is 1. The van der Waals surface area contributed by atoms with Gasteiger partial charge in [0.25, 0.3) is 0 Å². The summed E-state index contributed by atoms with van der Waals surface area (Å²) in [5.74, 6) is 0. The molecule has 0 aliphatic rings. The Morgan fingerprint density at radius 1 is 1.38 bits per heavy atom. The van der Waals surface area contributed by atoms with Crippen LogP contribution in [0.2, 0.25) is 5.02 Å². The van der Waals surface area contributed by atoms with Gasteiger partial charge in [0.15, 0.2) is 0 Å². The van der Waals surface area contributed by atoms with Crippen LogP contribution in [0.5, 0.6) is 0 Å². The van der Waals surface area contributed by atoms with E-state index in [1.54, 1.807) is 17.5 Å². The van der Waals surface area contributed by atoms with Gasteiger partial charge in [0.2, 0.25) is 0 Å². The molecule has 0 radical (unpaired) electrons. The third-order valence-electron chi connectivity index (χ3n) is 1.59. The van der Waals surface area contributed by atoms with Gasteiger partial charge in [-0.3, -0.25) is 0 Å². The van der Waals surface area contributed by atoms with Crippen molar-refractivity contribution < 1.29 is 0 Å². The van der Waals surface area contributed by atoms with Crippen LogP contribution in [-0.2, 0) is 0 Å². The van der Waals surface area contributed by atoms with Crippen LogP contribution in [0.3, 0.4) is 0 Å². The highest BCUT2D eigenvalue weighted by Gasteiger charge is 2.05. The van der Waals surface area contributed by atoms with E-state index < -0.39 is 0 Å². The maximum absolute atomic E-state index is 6.03. The molecule has 2 rings (SSSR count). The fraction of sp³-hybridized carbons (Fsp3) is 0. The average molecular weight is 275 g/mol. The first-order valence-corrected chi connectivity index (χ1v) is 5.67. The third kappa shape index (κ3) is 1.93. The molecule has 1 heterocycles. The minimum absolute atomic E-state index is 0.734. The molecular weight excluding hydrogens is 270 g/mol. The second-order valence-electron chi connectivity index (χ2n) is 2.46. The van der Waals surface area contributed by atoms with Gasteiger partial charge in [0.1, 0.15) is 5.01 Å². The highest BCUT2D eigenvalue weighted by Crippen LogP contribution is 2.31. The zero-order valence-corrected chi connectivity index (χ0v) is 9.66. The summed E-state index contributed by atoms with van der Waals surface area (Å²) in [5.41, 5.74) is 0.978. The molecule has 0 spiro atoms. The summed E-state index contributed by atoms with van der Waals surface area (Å²) in [6.45, 7) is 0. The molecule has 13 heavy (non-hydrogen) atoms. The Balaban J connectivity index is 2.57. The molecule has 1 nitrogen and oxygen atoms in total. The number of hydrogen-bond acceptors (Lipinski definition) is 2. The molecule has 4 heteroatoms. The molecular formula is C9H5BrClNS. The molecule has 0 saturated heterocycles. The second-order valence-corrected chi connectivity index (χ2v) is 4.68. The largest absolute Gasteiger partial charge is 0.244 e. The van der Waals surface area contributed by atoms with Gasteiger partial charge in [-0.1, -0.05) is 27.5 Å². The van der Waals surface area contributed by atoms with E-state index in [0.29, 0.717) is 0 Å². The van der Waals surface area contributed by atoms with Gasteiger partial charge in [0.05, 0.1) is 5.02 Å². The molecule has 2 aromatic rings. The highest BCUT2D eigenvalue weighted by atomic mass is 79.9. The number of aromatic nitrogens is 1. The molecule has 0 unspecified atom stereocenters. The van der Waals surface area contributed by atoms with E-state index in [4.69, 9.17) is 11.6 Å². The van der Waals surface area contributed by atoms with Crippen LogP contribution in [0.15, 0.2) is 34.2 Å².